The van der Waals surface area contributed by atoms with Gasteiger partial charge in [-0.3, -0.25) is 4.18 Å². The highest BCUT2D eigenvalue weighted by Gasteiger charge is 2.21. The average molecular weight is 441 g/mol. The molecule has 0 aliphatic carbocycles. The number of hydrogen-bond donors (Lipinski definition) is 0. The highest BCUT2D eigenvalue weighted by molar-refractivity contribution is 7.86. The van der Waals surface area contributed by atoms with Crippen LogP contribution in [0.3, 0.4) is 0 Å². The minimum atomic E-state index is -3.97. The molecule has 3 aromatic rings. The average Bonchev–Trinajstić information content (AvgIpc) is 2.80. The topological polar surface area (TPSA) is 78.9 Å². The van der Waals surface area contributed by atoms with Gasteiger partial charge in [-0.25, -0.2) is 4.79 Å². The molecule has 0 radical (unpaired) electrons. The quantitative estimate of drug-likeness (QED) is 0.348. The Morgan fingerprint density at radius 2 is 1.45 bits per heavy atom. The van der Waals surface area contributed by atoms with E-state index < -0.39 is 22.2 Å². The largest absolute Gasteiger partial charge is 0.459 e. The molecule has 7 heteroatoms. The van der Waals surface area contributed by atoms with Crippen LogP contribution < -0.4 is 0 Å². The third-order valence-electron chi connectivity index (χ3n) is 4.46. The highest BCUT2D eigenvalue weighted by Crippen LogP contribution is 2.15. The standard InChI is InChI=1S/C24H24O6S/c1-19-12-14-23(15-13-19)31(26,27)30-18-22(28-16-20-8-4-2-5-9-20)17-29-24(25)21-10-6-3-7-11-21/h2-15,22H,16-18H2,1H3/t22-/m1/s1. The fourth-order valence-corrected chi connectivity index (χ4v) is 3.63. The van der Waals surface area contributed by atoms with Crippen molar-refractivity contribution in [2.75, 3.05) is 13.2 Å². The van der Waals surface area contributed by atoms with Crippen molar-refractivity contribution in [1.82, 2.24) is 0 Å². The van der Waals surface area contributed by atoms with E-state index in [1.807, 2.05) is 37.3 Å². The Kier molecular flexibility index (Phi) is 7.94. The molecule has 0 unspecified atom stereocenters. The van der Waals surface area contributed by atoms with E-state index in [0.29, 0.717) is 5.56 Å². The predicted molar refractivity (Wildman–Crippen MR) is 116 cm³/mol. The van der Waals surface area contributed by atoms with Crippen LogP contribution >= 0.6 is 0 Å². The molecule has 0 N–H and O–H groups in total. The highest BCUT2D eigenvalue weighted by atomic mass is 32.2. The molecule has 3 rings (SSSR count). The molecule has 1 atom stereocenters. The molecule has 0 amide bonds. The monoisotopic (exact) mass is 440 g/mol. The zero-order valence-corrected chi connectivity index (χ0v) is 18.0. The molecular weight excluding hydrogens is 416 g/mol. The lowest BCUT2D eigenvalue weighted by molar-refractivity contribution is -0.0331. The van der Waals surface area contributed by atoms with Gasteiger partial charge in [0, 0.05) is 0 Å². The summed E-state index contributed by atoms with van der Waals surface area (Å²) in [5.41, 5.74) is 2.25. The Labute approximate surface area is 182 Å². The van der Waals surface area contributed by atoms with E-state index in [1.165, 1.54) is 12.1 Å². The summed E-state index contributed by atoms with van der Waals surface area (Å²) in [5.74, 6) is -0.518. The Morgan fingerprint density at radius 3 is 2.10 bits per heavy atom. The maximum absolute atomic E-state index is 12.5. The van der Waals surface area contributed by atoms with Gasteiger partial charge >= 0.3 is 5.97 Å². The van der Waals surface area contributed by atoms with Crippen LogP contribution in [0, 0.1) is 6.92 Å². The fraction of sp³-hybridized carbons (Fsp3) is 0.208. The van der Waals surface area contributed by atoms with E-state index in [4.69, 9.17) is 13.7 Å². The number of benzene rings is 3. The SMILES string of the molecule is Cc1ccc(S(=O)(=O)OC[C@@H](COC(=O)c2ccccc2)OCc2ccccc2)cc1. The minimum absolute atomic E-state index is 0.0567. The summed E-state index contributed by atoms with van der Waals surface area (Å²) in [6, 6.07) is 24.3. The fourth-order valence-electron chi connectivity index (χ4n) is 2.70. The summed E-state index contributed by atoms with van der Waals surface area (Å²) in [7, 11) is -3.97. The van der Waals surface area contributed by atoms with Crippen LogP contribution in [-0.4, -0.2) is 33.7 Å². The van der Waals surface area contributed by atoms with Gasteiger partial charge in [-0.2, -0.15) is 8.42 Å². The van der Waals surface area contributed by atoms with Crippen molar-refractivity contribution >= 4 is 16.1 Å². The van der Waals surface area contributed by atoms with Crippen LogP contribution in [0.5, 0.6) is 0 Å². The van der Waals surface area contributed by atoms with Crippen LogP contribution in [0.4, 0.5) is 0 Å². The molecule has 0 aliphatic heterocycles. The number of ether oxygens (including phenoxy) is 2. The number of aryl methyl sites for hydroxylation is 1. The Morgan fingerprint density at radius 1 is 0.839 bits per heavy atom. The van der Waals surface area contributed by atoms with Crippen LogP contribution in [0.15, 0.2) is 89.8 Å². The number of hydrogen-bond acceptors (Lipinski definition) is 6. The number of carbonyl (C=O) groups excluding carboxylic acids is 1. The van der Waals surface area contributed by atoms with E-state index in [-0.39, 0.29) is 24.7 Å². The van der Waals surface area contributed by atoms with E-state index >= 15 is 0 Å². The van der Waals surface area contributed by atoms with Crippen molar-refractivity contribution in [1.29, 1.82) is 0 Å². The third-order valence-corrected chi connectivity index (χ3v) is 5.75. The maximum Gasteiger partial charge on any atom is 0.338 e. The van der Waals surface area contributed by atoms with Gasteiger partial charge < -0.3 is 9.47 Å². The summed E-state index contributed by atoms with van der Waals surface area (Å²) in [5, 5.41) is 0. The molecule has 0 saturated heterocycles. The van der Waals surface area contributed by atoms with Crippen molar-refractivity contribution in [2.24, 2.45) is 0 Å². The predicted octanol–water partition coefficient (Wildman–Crippen LogP) is 4.14. The molecule has 162 valence electrons. The van der Waals surface area contributed by atoms with Gasteiger partial charge in [-0.15, -0.1) is 0 Å². The zero-order valence-electron chi connectivity index (χ0n) is 17.1. The van der Waals surface area contributed by atoms with Gasteiger partial charge in [-0.05, 0) is 36.8 Å². The number of rotatable bonds is 10. The first-order valence-corrected chi connectivity index (χ1v) is 11.2. The third kappa shape index (κ3) is 7.03. The molecule has 0 aromatic heterocycles. The Bertz CT molecular complexity index is 1060. The molecule has 0 aliphatic rings. The molecular formula is C24H24O6S. The lowest BCUT2D eigenvalue weighted by Crippen LogP contribution is -2.28. The molecule has 6 nitrogen and oxygen atoms in total. The second-order valence-electron chi connectivity index (χ2n) is 6.93. The van der Waals surface area contributed by atoms with Gasteiger partial charge in [-0.1, -0.05) is 66.2 Å². The van der Waals surface area contributed by atoms with E-state index in [9.17, 15) is 13.2 Å². The molecule has 0 bridgehead atoms. The molecule has 0 fully saturated rings. The second-order valence-corrected chi connectivity index (χ2v) is 8.55. The van der Waals surface area contributed by atoms with Crippen molar-refractivity contribution in [3.8, 4) is 0 Å². The maximum atomic E-state index is 12.5. The Balaban J connectivity index is 1.64. The van der Waals surface area contributed by atoms with Gasteiger partial charge in [0.1, 0.15) is 12.7 Å². The zero-order chi connectivity index (χ0) is 22.1. The van der Waals surface area contributed by atoms with E-state index in [0.717, 1.165) is 11.1 Å². The van der Waals surface area contributed by atoms with E-state index in [2.05, 4.69) is 0 Å². The lowest BCUT2D eigenvalue weighted by Gasteiger charge is -2.18. The normalized spacial score (nSPS) is 12.3. The first-order chi connectivity index (χ1) is 14.9. The summed E-state index contributed by atoms with van der Waals surface area (Å²) in [6.45, 7) is 1.66. The molecule has 3 aromatic carbocycles. The number of carbonyl (C=O) groups is 1. The first-order valence-electron chi connectivity index (χ1n) is 9.78. The van der Waals surface area contributed by atoms with Gasteiger partial charge in [0.2, 0.25) is 0 Å². The van der Waals surface area contributed by atoms with E-state index in [1.54, 1.807) is 42.5 Å². The van der Waals surface area contributed by atoms with Crippen molar-refractivity contribution in [2.45, 2.75) is 24.5 Å². The van der Waals surface area contributed by atoms with Crippen LogP contribution in [0.1, 0.15) is 21.5 Å². The summed E-state index contributed by atoms with van der Waals surface area (Å²) >= 11 is 0. The van der Waals surface area contributed by atoms with Crippen LogP contribution in [0.25, 0.3) is 0 Å². The van der Waals surface area contributed by atoms with Crippen molar-refractivity contribution < 1.29 is 26.9 Å². The minimum Gasteiger partial charge on any atom is -0.459 e. The molecule has 0 saturated carbocycles. The van der Waals surface area contributed by atoms with Crippen LogP contribution in [0.2, 0.25) is 0 Å². The smallest absolute Gasteiger partial charge is 0.338 e. The number of esters is 1. The van der Waals surface area contributed by atoms with Gasteiger partial charge in [0.25, 0.3) is 10.1 Å². The lowest BCUT2D eigenvalue weighted by atomic mass is 10.2. The summed E-state index contributed by atoms with van der Waals surface area (Å²) in [4.78, 5) is 12.3. The van der Waals surface area contributed by atoms with Crippen LogP contribution in [-0.2, 0) is 30.4 Å². The molecule has 31 heavy (non-hydrogen) atoms. The Hall–Kier alpha value is -3.00. The molecule has 0 heterocycles. The van der Waals surface area contributed by atoms with Gasteiger partial charge in [0.05, 0.1) is 23.7 Å². The summed E-state index contributed by atoms with van der Waals surface area (Å²) in [6.07, 6.45) is -0.770. The van der Waals surface area contributed by atoms with Crippen molar-refractivity contribution in [3.05, 3.63) is 102 Å². The molecule has 0 spiro atoms. The second kappa shape index (κ2) is 10.9. The van der Waals surface area contributed by atoms with Gasteiger partial charge in [0.15, 0.2) is 0 Å². The first kappa shape index (κ1) is 22.7. The summed E-state index contributed by atoms with van der Waals surface area (Å²) < 4.78 is 41.3. The van der Waals surface area contributed by atoms with Crippen molar-refractivity contribution in [3.63, 3.8) is 0 Å².